The second-order valence-corrected chi connectivity index (χ2v) is 5.40. The van der Waals surface area contributed by atoms with Crippen molar-refractivity contribution >= 4 is 22.8 Å². The van der Waals surface area contributed by atoms with Gasteiger partial charge in [-0.25, -0.2) is 13.2 Å². The summed E-state index contributed by atoms with van der Waals surface area (Å²) in [6.07, 6.45) is 1.38. The molecular formula is C18H13F3N4O. The molecule has 0 saturated carbocycles. The number of nitrogens with one attached hydrogen (secondary N) is 1. The predicted octanol–water partition coefficient (Wildman–Crippen LogP) is 2.99. The van der Waals surface area contributed by atoms with Gasteiger partial charge in [-0.1, -0.05) is 0 Å². The Morgan fingerprint density at radius 3 is 2.46 bits per heavy atom. The van der Waals surface area contributed by atoms with E-state index in [4.69, 9.17) is 5.73 Å². The van der Waals surface area contributed by atoms with Gasteiger partial charge in [-0.05, 0) is 29.8 Å². The third-order valence-corrected chi connectivity index (χ3v) is 3.76. The lowest BCUT2D eigenvalue weighted by atomic mass is 9.98. The smallest absolute Gasteiger partial charge is 0.257 e. The number of aliphatic imine (C=N–C) groups is 1. The number of carbonyl (C=O) groups excluding carboxylic acids is 1. The number of halogens is 3. The molecule has 1 heterocycles. The van der Waals surface area contributed by atoms with E-state index in [0.717, 1.165) is 0 Å². The minimum Gasteiger partial charge on any atom is -0.370 e. The maximum absolute atomic E-state index is 14.2. The Hall–Kier alpha value is -3.42. The predicted molar refractivity (Wildman–Crippen MR) is 92.1 cm³/mol. The van der Waals surface area contributed by atoms with Crippen LogP contribution in [0.1, 0.15) is 10.4 Å². The summed E-state index contributed by atoms with van der Waals surface area (Å²) < 4.78 is 41.6. The molecule has 0 unspecified atom stereocenters. The summed E-state index contributed by atoms with van der Waals surface area (Å²) in [5.41, 5.74) is 5.83. The molecule has 0 aliphatic carbocycles. The van der Waals surface area contributed by atoms with E-state index in [1.165, 1.54) is 37.5 Å². The van der Waals surface area contributed by atoms with E-state index >= 15 is 0 Å². The van der Waals surface area contributed by atoms with Crippen molar-refractivity contribution in [3.8, 4) is 11.1 Å². The fourth-order valence-electron chi connectivity index (χ4n) is 2.55. The van der Waals surface area contributed by atoms with Crippen LogP contribution in [0.4, 0.5) is 13.2 Å². The Kier molecular flexibility index (Phi) is 4.57. The molecule has 8 heteroatoms. The van der Waals surface area contributed by atoms with Crippen molar-refractivity contribution in [3.63, 3.8) is 0 Å². The van der Waals surface area contributed by atoms with Crippen LogP contribution < -0.4 is 11.1 Å². The highest BCUT2D eigenvalue weighted by Crippen LogP contribution is 2.32. The van der Waals surface area contributed by atoms with E-state index in [-0.39, 0.29) is 17.1 Å². The van der Waals surface area contributed by atoms with Crippen LogP contribution in [0, 0.1) is 17.5 Å². The molecule has 0 aliphatic heterocycles. The first-order valence-corrected chi connectivity index (χ1v) is 7.48. The van der Waals surface area contributed by atoms with Crippen LogP contribution in [-0.2, 0) is 0 Å². The second-order valence-electron chi connectivity index (χ2n) is 5.40. The van der Waals surface area contributed by atoms with Crippen molar-refractivity contribution in [3.05, 3.63) is 65.6 Å². The van der Waals surface area contributed by atoms with E-state index in [1.54, 1.807) is 0 Å². The Morgan fingerprint density at radius 1 is 1.12 bits per heavy atom. The van der Waals surface area contributed by atoms with Gasteiger partial charge < -0.3 is 5.73 Å². The number of hydrogen-bond acceptors (Lipinski definition) is 3. The fourth-order valence-corrected chi connectivity index (χ4v) is 2.55. The van der Waals surface area contributed by atoms with Gasteiger partial charge in [-0.3, -0.25) is 20.1 Å². The zero-order valence-corrected chi connectivity index (χ0v) is 13.6. The number of benzene rings is 2. The van der Waals surface area contributed by atoms with E-state index in [2.05, 4.69) is 15.3 Å². The molecular weight excluding hydrogens is 345 g/mol. The first-order chi connectivity index (χ1) is 12.4. The van der Waals surface area contributed by atoms with Crippen LogP contribution in [-0.4, -0.2) is 23.9 Å². The lowest BCUT2D eigenvalue weighted by Crippen LogP contribution is -2.36. The van der Waals surface area contributed by atoms with Gasteiger partial charge in [-0.2, -0.15) is 0 Å². The Bertz CT molecular complexity index is 1030. The molecule has 1 aromatic heterocycles. The van der Waals surface area contributed by atoms with Gasteiger partial charge in [0.25, 0.3) is 5.91 Å². The topological polar surface area (TPSA) is 80.4 Å². The number of pyridine rings is 1. The lowest BCUT2D eigenvalue weighted by Gasteiger charge is -2.10. The van der Waals surface area contributed by atoms with Crippen LogP contribution in [0.15, 0.2) is 47.6 Å². The highest BCUT2D eigenvalue weighted by atomic mass is 19.1. The minimum absolute atomic E-state index is 0.0721. The summed E-state index contributed by atoms with van der Waals surface area (Å²) in [7, 11) is 1.41. The van der Waals surface area contributed by atoms with Crippen molar-refractivity contribution in [1.82, 2.24) is 10.3 Å². The summed E-state index contributed by atoms with van der Waals surface area (Å²) >= 11 is 0. The first kappa shape index (κ1) is 17.4. The molecule has 132 valence electrons. The fraction of sp³-hybridized carbons (Fsp3) is 0.0556. The Morgan fingerprint density at radius 2 is 1.81 bits per heavy atom. The highest BCUT2D eigenvalue weighted by Gasteiger charge is 2.17. The number of aromatic nitrogens is 1. The van der Waals surface area contributed by atoms with Crippen molar-refractivity contribution in [2.75, 3.05) is 7.05 Å². The molecule has 0 spiro atoms. The van der Waals surface area contributed by atoms with Crippen molar-refractivity contribution in [1.29, 1.82) is 0 Å². The maximum atomic E-state index is 14.2. The van der Waals surface area contributed by atoms with Gasteiger partial charge in [0.2, 0.25) is 0 Å². The van der Waals surface area contributed by atoms with E-state index in [1.807, 2.05) is 0 Å². The number of amides is 1. The largest absolute Gasteiger partial charge is 0.370 e. The average molecular weight is 358 g/mol. The van der Waals surface area contributed by atoms with E-state index in [0.29, 0.717) is 23.0 Å². The quantitative estimate of drug-likeness (QED) is 0.546. The number of fused-ring (bicyclic) bond motifs is 1. The zero-order valence-electron chi connectivity index (χ0n) is 13.6. The Balaban J connectivity index is 2.19. The maximum Gasteiger partial charge on any atom is 0.257 e. The third-order valence-electron chi connectivity index (χ3n) is 3.76. The SMILES string of the molecule is CN=C(N)NC(=O)c1ccc2nccc(-c3c(F)cc(F)cc3F)c2c1. The van der Waals surface area contributed by atoms with Gasteiger partial charge in [0, 0.05) is 36.3 Å². The van der Waals surface area contributed by atoms with E-state index in [9.17, 15) is 18.0 Å². The van der Waals surface area contributed by atoms with Crippen molar-refractivity contribution < 1.29 is 18.0 Å². The summed E-state index contributed by atoms with van der Waals surface area (Å²) in [6.45, 7) is 0. The highest BCUT2D eigenvalue weighted by molar-refractivity contribution is 6.08. The van der Waals surface area contributed by atoms with Crippen LogP contribution in [0.25, 0.3) is 22.0 Å². The molecule has 0 saturated heterocycles. The van der Waals surface area contributed by atoms with Gasteiger partial charge in [0.15, 0.2) is 5.96 Å². The average Bonchev–Trinajstić information content (AvgIpc) is 2.60. The van der Waals surface area contributed by atoms with Crippen molar-refractivity contribution in [2.24, 2.45) is 10.7 Å². The summed E-state index contributed by atoms with van der Waals surface area (Å²) in [5, 5.41) is 2.70. The minimum atomic E-state index is -1.05. The number of nitrogens with zero attached hydrogens (tertiary/aromatic N) is 2. The summed E-state index contributed by atoms with van der Waals surface area (Å²) in [5.74, 6) is -3.72. The first-order valence-electron chi connectivity index (χ1n) is 7.48. The standard InChI is InChI=1S/C18H13F3N4O/c1-23-18(22)25-17(26)9-2-3-15-12(6-9)11(4-5-24-15)16-13(20)7-10(19)8-14(16)21/h2-8H,1H3,(H3,22,23,25,26). The molecule has 0 fully saturated rings. The molecule has 3 N–H and O–H groups in total. The number of guanidine groups is 1. The molecule has 0 aliphatic rings. The normalized spacial score (nSPS) is 11.6. The van der Waals surface area contributed by atoms with Gasteiger partial charge >= 0.3 is 0 Å². The summed E-state index contributed by atoms with van der Waals surface area (Å²) in [6, 6.07) is 7.05. The van der Waals surface area contributed by atoms with Gasteiger partial charge in [0.05, 0.1) is 11.1 Å². The van der Waals surface area contributed by atoms with Crippen LogP contribution >= 0.6 is 0 Å². The monoisotopic (exact) mass is 358 g/mol. The molecule has 0 atom stereocenters. The second kappa shape index (κ2) is 6.83. The summed E-state index contributed by atoms with van der Waals surface area (Å²) in [4.78, 5) is 19.9. The van der Waals surface area contributed by atoms with Crippen molar-refractivity contribution in [2.45, 2.75) is 0 Å². The third kappa shape index (κ3) is 3.21. The molecule has 1 amide bonds. The molecule has 3 aromatic rings. The van der Waals surface area contributed by atoms with E-state index < -0.39 is 28.9 Å². The van der Waals surface area contributed by atoms with Crippen LogP contribution in [0.5, 0.6) is 0 Å². The lowest BCUT2D eigenvalue weighted by molar-refractivity contribution is 0.0976. The molecule has 2 aromatic carbocycles. The number of rotatable bonds is 2. The van der Waals surface area contributed by atoms with Crippen LogP contribution in [0.2, 0.25) is 0 Å². The Labute approximate surface area is 146 Å². The van der Waals surface area contributed by atoms with Gasteiger partial charge in [-0.15, -0.1) is 0 Å². The van der Waals surface area contributed by atoms with Gasteiger partial charge in [0.1, 0.15) is 17.5 Å². The molecule has 5 nitrogen and oxygen atoms in total. The molecule has 3 rings (SSSR count). The number of hydrogen-bond donors (Lipinski definition) is 2. The van der Waals surface area contributed by atoms with Crippen LogP contribution in [0.3, 0.4) is 0 Å². The number of nitrogens with two attached hydrogens (primary N) is 1. The number of carbonyl (C=O) groups is 1. The zero-order chi connectivity index (χ0) is 18.8. The molecule has 0 radical (unpaired) electrons. The molecule has 26 heavy (non-hydrogen) atoms. The molecule has 0 bridgehead atoms.